The monoisotopic (exact) mass is 352 g/mol. The summed E-state index contributed by atoms with van der Waals surface area (Å²) in [6.45, 7) is 0.309. The lowest BCUT2D eigenvalue weighted by Crippen LogP contribution is -2.23. The summed E-state index contributed by atoms with van der Waals surface area (Å²) in [5.41, 5.74) is 1.33. The molecule has 1 amide bonds. The number of amides is 1. The predicted molar refractivity (Wildman–Crippen MR) is 89.9 cm³/mol. The second kappa shape index (κ2) is 7.12. The molecular weight excluding hydrogens is 336 g/mol. The van der Waals surface area contributed by atoms with Crippen molar-refractivity contribution < 1.29 is 13.2 Å². The minimum absolute atomic E-state index is 0.216. The fourth-order valence-electron chi connectivity index (χ4n) is 1.88. The molecule has 0 aromatic heterocycles. The normalized spacial score (nSPS) is 11.5. The van der Waals surface area contributed by atoms with Gasteiger partial charge in [-0.1, -0.05) is 23.7 Å². The number of nitrogens with one attached hydrogen (secondary N) is 1. The van der Waals surface area contributed by atoms with Gasteiger partial charge >= 0.3 is 0 Å². The topological polar surface area (TPSA) is 66.5 Å². The number of carbonyl (C=O) groups excluding carboxylic acids is 1. The number of halogens is 1. The molecule has 2 rings (SSSR count). The maximum Gasteiger partial charge on any atom is 0.251 e. The van der Waals surface area contributed by atoms with Crippen molar-refractivity contribution in [3.63, 3.8) is 0 Å². The van der Waals surface area contributed by atoms with Crippen LogP contribution in [0.25, 0.3) is 0 Å². The molecule has 0 atom stereocenters. The average molecular weight is 353 g/mol. The highest BCUT2D eigenvalue weighted by Gasteiger charge is 2.16. The fraction of sp³-hybridized carbons (Fsp3) is 0.188. The third-order valence-electron chi connectivity index (χ3n) is 3.26. The molecule has 2 aromatic carbocycles. The first-order chi connectivity index (χ1) is 10.8. The van der Waals surface area contributed by atoms with Crippen molar-refractivity contribution >= 4 is 27.5 Å². The Bertz CT molecular complexity index is 785. The van der Waals surface area contributed by atoms with Gasteiger partial charge in [-0.05, 0) is 42.0 Å². The molecule has 0 aliphatic rings. The summed E-state index contributed by atoms with van der Waals surface area (Å²) in [6, 6.07) is 13.0. The van der Waals surface area contributed by atoms with Crippen LogP contribution >= 0.6 is 11.6 Å². The molecule has 0 heterocycles. The third-order valence-corrected chi connectivity index (χ3v) is 5.34. The number of hydrogen-bond acceptors (Lipinski definition) is 3. The maximum atomic E-state index is 12.0. The summed E-state index contributed by atoms with van der Waals surface area (Å²) < 4.78 is 25.1. The lowest BCUT2D eigenvalue weighted by molar-refractivity contribution is 0.0951. The molecule has 0 aliphatic carbocycles. The van der Waals surface area contributed by atoms with Gasteiger partial charge in [-0.15, -0.1) is 0 Å². The van der Waals surface area contributed by atoms with Crippen molar-refractivity contribution in [2.24, 2.45) is 0 Å². The molecular formula is C16H17ClN2O3S. The molecule has 0 aliphatic heterocycles. The summed E-state index contributed by atoms with van der Waals surface area (Å²) in [6.07, 6.45) is 0. The molecule has 0 saturated heterocycles. The van der Waals surface area contributed by atoms with Crippen LogP contribution in [0.1, 0.15) is 15.9 Å². The second-order valence-corrected chi connectivity index (χ2v) is 7.71. The van der Waals surface area contributed by atoms with Crippen LogP contribution in [0.2, 0.25) is 5.02 Å². The summed E-state index contributed by atoms with van der Waals surface area (Å²) in [7, 11) is -0.475. The van der Waals surface area contributed by atoms with Gasteiger partial charge in [0.05, 0.1) is 4.90 Å². The Labute approximate surface area is 140 Å². The van der Waals surface area contributed by atoms with E-state index in [9.17, 15) is 13.2 Å². The van der Waals surface area contributed by atoms with Gasteiger partial charge < -0.3 is 5.32 Å². The minimum atomic E-state index is -3.44. The summed E-state index contributed by atoms with van der Waals surface area (Å²) in [5.74, 6) is -0.216. The Balaban J connectivity index is 2.02. The Morgan fingerprint density at radius 3 is 2.13 bits per heavy atom. The number of carbonyl (C=O) groups is 1. The Morgan fingerprint density at radius 1 is 1.04 bits per heavy atom. The summed E-state index contributed by atoms with van der Waals surface area (Å²) in [5, 5.41) is 3.34. The Hall–Kier alpha value is -1.89. The molecule has 23 heavy (non-hydrogen) atoms. The molecule has 122 valence electrons. The highest BCUT2D eigenvalue weighted by atomic mass is 35.5. The molecule has 5 nitrogen and oxygen atoms in total. The van der Waals surface area contributed by atoms with Crippen LogP contribution in [0.15, 0.2) is 53.4 Å². The number of nitrogens with zero attached hydrogens (tertiary/aromatic N) is 1. The van der Waals surface area contributed by atoms with Crippen LogP contribution in [0.4, 0.5) is 0 Å². The van der Waals surface area contributed by atoms with Crippen molar-refractivity contribution in [1.29, 1.82) is 0 Å². The van der Waals surface area contributed by atoms with Crippen molar-refractivity contribution in [1.82, 2.24) is 9.62 Å². The predicted octanol–water partition coefficient (Wildman–Crippen LogP) is 2.52. The highest BCUT2D eigenvalue weighted by molar-refractivity contribution is 7.89. The molecule has 0 bridgehead atoms. The van der Waals surface area contributed by atoms with Crippen LogP contribution in [0.5, 0.6) is 0 Å². The van der Waals surface area contributed by atoms with E-state index in [1.165, 1.54) is 26.2 Å². The lowest BCUT2D eigenvalue weighted by Gasteiger charge is -2.12. The van der Waals surface area contributed by atoms with Gasteiger partial charge in [0.1, 0.15) is 0 Å². The van der Waals surface area contributed by atoms with Crippen LogP contribution in [0, 0.1) is 0 Å². The van der Waals surface area contributed by atoms with Crippen LogP contribution in [0.3, 0.4) is 0 Å². The van der Waals surface area contributed by atoms with E-state index in [0.717, 1.165) is 9.87 Å². The lowest BCUT2D eigenvalue weighted by atomic mass is 10.2. The third kappa shape index (κ3) is 4.31. The second-order valence-electron chi connectivity index (χ2n) is 5.12. The minimum Gasteiger partial charge on any atom is -0.348 e. The smallest absolute Gasteiger partial charge is 0.251 e. The van der Waals surface area contributed by atoms with Gasteiger partial charge in [0.15, 0.2) is 0 Å². The molecule has 2 aromatic rings. The molecule has 0 unspecified atom stereocenters. The maximum absolute atomic E-state index is 12.0. The largest absolute Gasteiger partial charge is 0.348 e. The van der Waals surface area contributed by atoms with E-state index in [2.05, 4.69) is 5.32 Å². The quantitative estimate of drug-likeness (QED) is 0.899. The molecule has 0 radical (unpaired) electrons. The van der Waals surface area contributed by atoms with Crippen molar-refractivity contribution in [3.8, 4) is 0 Å². The Kier molecular flexibility index (Phi) is 5.41. The zero-order valence-electron chi connectivity index (χ0n) is 12.8. The number of hydrogen-bond donors (Lipinski definition) is 1. The number of sulfonamides is 1. The van der Waals surface area contributed by atoms with Crippen LogP contribution in [-0.4, -0.2) is 32.7 Å². The molecule has 0 saturated carbocycles. The molecule has 1 N–H and O–H groups in total. The van der Waals surface area contributed by atoms with Gasteiger partial charge in [0.25, 0.3) is 5.91 Å². The zero-order valence-corrected chi connectivity index (χ0v) is 14.4. The van der Waals surface area contributed by atoms with E-state index in [4.69, 9.17) is 11.6 Å². The first-order valence-corrected chi connectivity index (χ1v) is 8.68. The van der Waals surface area contributed by atoms with E-state index in [1.807, 2.05) is 0 Å². The van der Waals surface area contributed by atoms with Crippen molar-refractivity contribution in [3.05, 3.63) is 64.7 Å². The van der Waals surface area contributed by atoms with Crippen LogP contribution < -0.4 is 5.32 Å². The van der Waals surface area contributed by atoms with Crippen molar-refractivity contribution in [2.75, 3.05) is 14.1 Å². The molecule has 0 fully saturated rings. The van der Waals surface area contributed by atoms with Gasteiger partial charge in [-0.25, -0.2) is 12.7 Å². The van der Waals surface area contributed by atoms with Crippen molar-refractivity contribution in [2.45, 2.75) is 11.4 Å². The molecule has 0 spiro atoms. The van der Waals surface area contributed by atoms with E-state index in [-0.39, 0.29) is 10.8 Å². The van der Waals surface area contributed by atoms with E-state index < -0.39 is 10.0 Å². The van der Waals surface area contributed by atoms with E-state index in [0.29, 0.717) is 17.1 Å². The standard InChI is InChI=1S/C16H17ClN2O3S/c1-19(2)23(21,22)15-9-3-12(4-10-15)11-18-16(20)13-5-7-14(17)8-6-13/h3-10H,11H2,1-2H3,(H,18,20). The van der Waals surface area contributed by atoms with Gasteiger partial charge in [-0.2, -0.15) is 0 Å². The van der Waals surface area contributed by atoms with Crippen LogP contribution in [-0.2, 0) is 16.6 Å². The zero-order chi connectivity index (χ0) is 17.0. The highest BCUT2D eigenvalue weighted by Crippen LogP contribution is 2.14. The van der Waals surface area contributed by atoms with Gasteiger partial charge in [-0.3, -0.25) is 4.79 Å². The van der Waals surface area contributed by atoms with Gasteiger partial charge in [0, 0.05) is 31.2 Å². The summed E-state index contributed by atoms with van der Waals surface area (Å²) in [4.78, 5) is 12.2. The molecule has 7 heteroatoms. The first kappa shape index (κ1) is 17.5. The fourth-order valence-corrected chi connectivity index (χ4v) is 2.90. The number of benzene rings is 2. The van der Waals surface area contributed by atoms with Gasteiger partial charge in [0.2, 0.25) is 10.0 Å². The van der Waals surface area contributed by atoms with E-state index >= 15 is 0 Å². The SMILES string of the molecule is CN(C)S(=O)(=O)c1ccc(CNC(=O)c2ccc(Cl)cc2)cc1. The Morgan fingerprint density at radius 2 is 1.61 bits per heavy atom. The average Bonchev–Trinajstić information content (AvgIpc) is 2.53. The van der Waals surface area contributed by atoms with E-state index in [1.54, 1.807) is 36.4 Å². The summed E-state index contributed by atoms with van der Waals surface area (Å²) >= 11 is 5.78. The first-order valence-electron chi connectivity index (χ1n) is 6.86. The number of rotatable bonds is 5.